The van der Waals surface area contributed by atoms with E-state index in [9.17, 15) is 19.2 Å². The van der Waals surface area contributed by atoms with E-state index in [1.165, 1.54) is 29.7 Å². The number of carbonyl (C=O) groups is 3. The average molecular weight is 577 g/mol. The summed E-state index contributed by atoms with van der Waals surface area (Å²) >= 11 is 0. The second-order valence-electron chi connectivity index (χ2n) is 11.0. The largest absolute Gasteiger partial charge is 0.482 e. The lowest BCUT2D eigenvalue weighted by Gasteiger charge is -2.34. The molecule has 0 N–H and O–H groups in total. The molecule has 4 rings (SSSR count). The molecule has 0 aliphatic carbocycles. The summed E-state index contributed by atoms with van der Waals surface area (Å²) in [6.07, 6.45) is 0.103. The SMILES string of the molecule is COC(=O)c1c(OCc2ccccc2)c(=O)c(C(C)=O)cn1[C@@H](Cc1ccccc1)C1OCCN1C(=O)OC(C)(C)C. The maximum atomic E-state index is 13.6. The van der Waals surface area contributed by atoms with Crippen LogP contribution in [0.15, 0.2) is 71.7 Å². The highest BCUT2D eigenvalue weighted by Gasteiger charge is 2.41. The summed E-state index contributed by atoms with van der Waals surface area (Å²) in [5.41, 5.74) is -0.232. The topological polar surface area (TPSA) is 113 Å². The van der Waals surface area contributed by atoms with Gasteiger partial charge in [-0.15, -0.1) is 0 Å². The van der Waals surface area contributed by atoms with Crippen molar-refractivity contribution in [3.63, 3.8) is 0 Å². The first-order valence-electron chi connectivity index (χ1n) is 13.7. The van der Waals surface area contributed by atoms with E-state index in [0.717, 1.165) is 11.1 Å². The van der Waals surface area contributed by atoms with E-state index in [0.29, 0.717) is 0 Å². The first-order valence-corrected chi connectivity index (χ1v) is 13.7. The van der Waals surface area contributed by atoms with Crippen LogP contribution in [-0.2, 0) is 27.2 Å². The van der Waals surface area contributed by atoms with Crippen LogP contribution in [0.4, 0.5) is 4.79 Å². The summed E-state index contributed by atoms with van der Waals surface area (Å²) in [6.45, 7) is 7.01. The Hall–Kier alpha value is -4.44. The molecule has 1 unspecified atom stereocenters. The Morgan fingerprint density at radius 2 is 1.62 bits per heavy atom. The zero-order chi connectivity index (χ0) is 30.4. The number of hydrogen-bond acceptors (Lipinski definition) is 8. The molecule has 42 heavy (non-hydrogen) atoms. The van der Waals surface area contributed by atoms with Crippen LogP contribution in [0.2, 0.25) is 0 Å². The minimum absolute atomic E-state index is 0.0330. The fraction of sp³-hybridized carbons (Fsp3) is 0.375. The molecular formula is C32H36N2O8. The lowest BCUT2D eigenvalue weighted by Crippen LogP contribution is -2.45. The highest BCUT2D eigenvalue weighted by atomic mass is 16.6. The van der Waals surface area contributed by atoms with Gasteiger partial charge in [-0.2, -0.15) is 0 Å². The molecule has 0 radical (unpaired) electrons. The zero-order valence-corrected chi connectivity index (χ0v) is 24.5. The molecule has 222 valence electrons. The molecule has 0 spiro atoms. The lowest BCUT2D eigenvalue weighted by atomic mass is 10.0. The van der Waals surface area contributed by atoms with Crippen molar-refractivity contribution < 1.29 is 33.3 Å². The number of ether oxygens (including phenoxy) is 4. The van der Waals surface area contributed by atoms with Crippen molar-refractivity contribution in [2.24, 2.45) is 0 Å². The highest BCUT2D eigenvalue weighted by Crippen LogP contribution is 2.32. The van der Waals surface area contributed by atoms with E-state index in [2.05, 4.69) is 0 Å². The third-order valence-electron chi connectivity index (χ3n) is 6.71. The highest BCUT2D eigenvalue weighted by molar-refractivity contribution is 5.96. The fourth-order valence-corrected chi connectivity index (χ4v) is 4.80. The van der Waals surface area contributed by atoms with Crippen LogP contribution >= 0.6 is 0 Å². The standard InChI is InChI=1S/C32H36N2O8/c1-21(35)24-19-34(26(30(37)39-5)28(27(24)36)41-20-23-14-10-7-11-15-23)25(18-22-12-8-6-9-13-22)29-33(16-17-40-29)31(38)42-32(2,3)4/h6-15,19,25,29H,16-18,20H2,1-5H3/t25-,29?/m0/s1. The average Bonchev–Trinajstić information content (AvgIpc) is 3.45. The predicted molar refractivity (Wildman–Crippen MR) is 155 cm³/mol. The fourth-order valence-electron chi connectivity index (χ4n) is 4.80. The molecule has 2 atom stereocenters. The zero-order valence-electron chi connectivity index (χ0n) is 24.5. The number of rotatable bonds is 9. The molecular weight excluding hydrogens is 540 g/mol. The molecule has 1 amide bonds. The molecule has 1 aromatic heterocycles. The molecule has 2 heterocycles. The van der Waals surface area contributed by atoms with Gasteiger partial charge in [0.25, 0.3) is 0 Å². The first kappa shape index (κ1) is 30.5. The van der Waals surface area contributed by atoms with Gasteiger partial charge in [0, 0.05) is 6.20 Å². The van der Waals surface area contributed by atoms with Crippen molar-refractivity contribution in [2.75, 3.05) is 20.3 Å². The molecule has 1 aliphatic rings. The molecule has 10 nitrogen and oxygen atoms in total. The summed E-state index contributed by atoms with van der Waals surface area (Å²) in [6, 6.07) is 17.8. The van der Waals surface area contributed by atoms with Crippen LogP contribution in [0.1, 0.15) is 65.7 Å². The second kappa shape index (κ2) is 13.0. The van der Waals surface area contributed by atoms with Crippen molar-refractivity contribution in [1.82, 2.24) is 9.47 Å². The summed E-state index contributed by atoms with van der Waals surface area (Å²) in [4.78, 5) is 54.4. The van der Waals surface area contributed by atoms with Crippen molar-refractivity contribution >= 4 is 17.8 Å². The molecule has 1 saturated heterocycles. The van der Waals surface area contributed by atoms with Crippen molar-refractivity contribution in [1.29, 1.82) is 0 Å². The number of carbonyl (C=O) groups excluding carboxylic acids is 3. The van der Waals surface area contributed by atoms with Gasteiger partial charge in [-0.3, -0.25) is 14.5 Å². The van der Waals surface area contributed by atoms with E-state index in [-0.39, 0.29) is 43.2 Å². The normalized spacial score (nSPS) is 15.6. The molecule has 2 aromatic carbocycles. The Kier molecular flexibility index (Phi) is 9.47. The number of ketones is 1. The van der Waals surface area contributed by atoms with Crippen LogP contribution in [-0.4, -0.2) is 59.4 Å². The molecule has 10 heteroatoms. The van der Waals surface area contributed by atoms with Crippen LogP contribution < -0.4 is 10.2 Å². The molecule has 0 bridgehead atoms. The van der Waals surface area contributed by atoms with Crippen LogP contribution in [0.25, 0.3) is 0 Å². The third kappa shape index (κ3) is 7.06. The maximum absolute atomic E-state index is 13.6. The van der Waals surface area contributed by atoms with Gasteiger partial charge in [0.05, 0.1) is 31.9 Å². The summed E-state index contributed by atoms with van der Waals surface area (Å²) in [7, 11) is 1.20. The smallest absolute Gasteiger partial charge is 0.412 e. The number of esters is 1. The molecule has 3 aromatic rings. The molecule has 1 aliphatic heterocycles. The van der Waals surface area contributed by atoms with E-state index < -0.39 is 41.1 Å². The van der Waals surface area contributed by atoms with Gasteiger partial charge < -0.3 is 23.5 Å². The number of pyridine rings is 1. The van der Waals surface area contributed by atoms with Crippen molar-refractivity contribution in [3.8, 4) is 5.75 Å². The van der Waals surface area contributed by atoms with E-state index in [1.807, 2.05) is 60.7 Å². The van der Waals surface area contributed by atoms with Gasteiger partial charge in [-0.05, 0) is 45.2 Å². The van der Waals surface area contributed by atoms with Gasteiger partial charge in [-0.25, -0.2) is 9.59 Å². The van der Waals surface area contributed by atoms with Crippen molar-refractivity contribution in [2.45, 2.75) is 58.6 Å². The Morgan fingerprint density at radius 1 is 1.00 bits per heavy atom. The third-order valence-corrected chi connectivity index (χ3v) is 6.71. The second-order valence-corrected chi connectivity index (χ2v) is 11.0. The summed E-state index contributed by atoms with van der Waals surface area (Å²) in [5, 5.41) is 0. The van der Waals surface area contributed by atoms with Crippen LogP contribution in [0.5, 0.6) is 5.75 Å². The van der Waals surface area contributed by atoms with Gasteiger partial charge in [0.1, 0.15) is 12.2 Å². The summed E-state index contributed by atoms with van der Waals surface area (Å²) in [5.74, 6) is -1.67. The Labute approximate surface area is 244 Å². The molecule has 0 saturated carbocycles. The van der Waals surface area contributed by atoms with Gasteiger partial charge in [0.2, 0.25) is 5.43 Å². The van der Waals surface area contributed by atoms with Gasteiger partial charge >= 0.3 is 12.1 Å². The number of hydrogen-bond donors (Lipinski definition) is 0. The van der Waals surface area contributed by atoms with E-state index >= 15 is 0 Å². The van der Waals surface area contributed by atoms with Gasteiger partial charge in [0.15, 0.2) is 23.5 Å². The molecule has 1 fully saturated rings. The van der Waals surface area contributed by atoms with Crippen LogP contribution in [0, 0.1) is 0 Å². The lowest BCUT2D eigenvalue weighted by molar-refractivity contribution is -0.0306. The van der Waals surface area contributed by atoms with Gasteiger partial charge in [-0.1, -0.05) is 60.7 Å². The van der Waals surface area contributed by atoms with Crippen molar-refractivity contribution in [3.05, 3.63) is 99.5 Å². The Morgan fingerprint density at radius 3 is 2.19 bits per heavy atom. The minimum atomic E-state index is -0.909. The number of aromatic nitrogens is 1. The quantitative estimate of drug-likeness (QED) is 0.264. The number of benzene rings is 2. The maximum Gasteiger partial charge on any atom is 0.412 e. The number of nitrogens with zero attached hydrogens (tertiary/aromatic N) is 2. The Balaban J connectivity index is 1.91. The number of Topliss-reactive ketones (excluding diaryl/α,β-unsaturated/α-hetero) is 1. The number of amides is 1. The van der Waals surface area contributed by atoms with E-state index in [4.69, 9.17) is 18.9 Å². The first-order chi connectivity index (χ1) is 20.0. The Bertz CT molecular complexity index is 1480. The number of methoxy groups -OCH3 is 1. The predicted octanol–water partition coefficient (Wildman–Crippen LogP) is 4.79. The summed E-state index contributed by atoms with van der Waals surface area (Å²) < 4.78 is 24.3. The van der Waals surface area contributed by atoms with E-state index in [1.54, 1.807) is 20.8 Å². The monoisotopic (exact) mass is 576 g/mol. The minimum Gasteiger partial charge on any atom is -0.482 e. The van der Waals surface area contributed by atoms with Crippen LogP contribution in [0.3, 0.4) is 0 Å².